The summed E-state index contributed by atoms with van der Waals surface area (Å²) >= 11 is 0. The average molecular weight is 287 g/mol. The second kappa shape index (κ2) is 7.56. The Labute approximate surface area is 114 Å². The maximum Gasteiger partial charge on any atom is 0.277 e. The Hall–Kier alpha value is -0.990. The second-order valence-corrected chi connectivity index (χ2v) is 5.71. The summed E-state index contributed by atoms with van der Waals surface area (Å²) in [6.45, 7) is 2.83. The molecule has 1 atom stereocenters. The van der Waals surface area contributed by atoms with Crippen LogP contribution in [0.4, 0.5) is 0 Å². The van der Waals surface area contributed by atoms with Gasteiger partial charge in [0.15, 0.2) is 0 Å². The molecule has 0 aliphatic carbocycles. The van der Waals surface area contributed by atoms with Gasteiger partial charge in [-0.15, -0.1) is 0 Å². The molecule has 0 aromatic heterocycles. The van der Waals surface area contributed by atoms with E-state index in [2.05, 4.69) is 9.44 Å². The molecule has 19 heavy (non-hydrogen) atoms. The highest BCUT2D eigenvalue weighted by molar-refractivity contribution is 7.87. The summed E-state index contributed by atoms with van der Waals surface area (Å²) in [5.74, 6) is 0. The molecule has 1 rings (SSSR count). The summed E-state index contributed by atoms with van der Waals surface area (Å²) in [7, 11) is -2.00. The van der Waals surface area contributed by atoms with Gasteiger partial charge in [-0.3, -0.25) is 0 Å². The molecule has 0 aliphatic rings. The highest BCUT2D eigenvalue weighted by Crippen LogP contribution is 2.13. The molecule has 6 nitrogen and oxygen atoms in total. The molecule has 0 spiro atoms. The van der Waals surface area contributed by atoms with Gasteiger partial charge in [0.25, 0.3) is 10.2 Å². The molecule has 1 aromatic rings. The summed E-state index contributed by atoms with van der Waals surface area (Å²) in [5, 5.41) is 0. The summed E-state index contributed by atoms with van der Waals surface area (Å²) in [4.78, 5) is 0. The summed E-state index contributed by atoms with van der Waals surface area (Å²) < 4.78 is 33.2. The topological polar surface area (TPSA) is 93.4 Å². The van der Waals surface area contributed by atoms with E-state index in [0.717, 1.165) is 11.1 Å². The molecule has 0 fully saturated rings. The maximum absolute atomic E-state index is 11.7. The van der Waals surface area contributed by atoms with Gasteiger partial charge in [-0.25, -0.2) is 0 Å². The molecule has 0 bridgehead atoms. The van der Waals surface area contributed by atoms with Crippen molar-refractivity contribution >= 4 is 10.2 Å². The Morgan fingerprint density at radius 1 is 1.32 bits per heavy atom. The van der Waals surface area contributed by atoms with Gasteiger partial charge in [0.2, 0.25) is 0 Å². The number of methoxy groups -OCH3 is 1. The van der Waals surface area contributed by atoms with Crippen molar-refractivity contribution in [1.82, 2.24) is 9.44 Å². The van der Waals surface area contributed by atoms with E-state index < -0.39 is 10.2 Å². The van der Waals surface area contributed by atoms with Gasteiger partial charge >= 0.3 is 0 Å². The van der Waals surface area contributed by atoms with E-state index in [1.54, 1.807) is 6.92 Å². The molecule has 0 radical (unpaired) electrons. The first-order valence-electron chi connectivity index (χ1n) is 6.03. The van der Waals surface area contributed by atoms with Crippen molar-refractivity contribution in [3.05, 3.63) is 35.4 Å². The summed E-state index contributed by atoms with van der Waals surface area (Å²) in [6.07, 6.45) is 0. The second-order valence-electron chi connectivity index (χ2n) is 4.18. The monoisotopic (exact) mass is 287 g/mol. The van der Waals surface area contributed by atoms with Gasteiger partial charge in [0, 0.05) is 26.2 Å². The third-order valence-corrected chi connectivity index (χ3v) is 3.89. The molecule has 0 amide bonds. The van der Waals surface area contributed by atoms with Gasteiger partial charge in [-0.05, 0) is 18.1 Å². The highest BCUT2D eigenvalue weighted by Gasteiger charge is 2.14. The van der Waals surface area contributed by atoms with Crippen LogP contribution in [0.5, 0.6) is 0 Å². The number of rotatable bonds is 8. The Morgan fingerprint density at radius 3 is 2.47 bits per heavy atom. The zero-order valence-corrected chi connectivity index (χ0v) is 12.0. The number of hydrogen-bond donors (Lipinski definition) is 3. The Morgan fingerprint density at radius 2 is 1.95 bits per heavy atom. The standard InChI is InChI=1S/C12H21N3O3S/c1-10(12-5-3-11(9-13)4-6-12)15-19(16,17)14-7-8-18-2/h3-6,10,14-15H,7-9,13H2,1-2H3. The van der Waals surface area contributed by atoms with E-state index in [1.165, 1.54) is 7.11 Å². The number of nitrogens with two attached hydrogens (primary N) is 1. The van der Waals surface area contributed by atoms with E-state index in [9.17, 15) is 8.42 Å². The highest BCUT2D eigenvalue weighted by atomic mass is 32.2. The van der Waals surface area contributed by atoms with Crippen molar-refractivity contribution in [3.63, 3.8) is 0 Å². The Kier molecular flexibility index (Phi) is 6.40. The lowest BCUT2D eigenvalue weighted by Crippen LogP contribution is -2.39. The number of ether oxygens (including phenoxy) is 1. The van der Waals surface area contributed by atoms with Gasteiger partial charge in [0.05, 0.1) is 6.61 Å². The molecule has 7 heteroatoms. The first kappa shape index (κ1) is 16.1. The Balaban J connectivity index is 2.59. The fourth-order valence-electron chi connectivity index (χ4n) is 1.56. The number of benzene rings is 1. The zero-order valence-electron chi connectivity index (χ0n) is 11.2. The zero-order chi connectivity index (χ0) is 14.3. The van der Waals surface area contributed by atoms with Crippen molar-refractivity contribution in [2.24, 2.45) is 5.73 Å². The van der Waals surface area contributed by atoms with Crippen LogP contribution in [0.25, 0.3) is 0 Å². The van der Waals surface area contributed by atoms with Crippen LogP contribution in [0.3, 0.4) is 0 Å². The predicted octanol–water partition coefficient (Wildman–Crippen LogP) is 0.277. The third kappa shape index (κ3) is 5.66. The first-order valence-corrected chi connectivity index (χ1v) is 7.51. The van der Waals surface area contributed by atoms with Gasteiger partial charge in [0.1, 0.15) is 0 Å². The quantitative estimate of drug-likeness (QED) is 0.599. The molecule has 0 saturated heterocycles. The van der Waals surface area contributed by atoms with E-state index in [0.29, 0.717) is 13.2 Å². The lowest BCUT2D eigenvalue weighted by Gasteiger charge is -2.15. The van der Waals surface area contributed by atoms with Crippen LogP contribution < -0.4 is 15.2 Å². The molecule has 4 N–H and O–H groups in total. The lowest BCUT2D eigenvalue weighted by molar-refractivity contribution is 0.204. The molecule has 0 aliphatic heterocycles. The van der Waals surface area contributed by atoms with Gasteiger partial charge in [-0.1, -0.05) is 24.3 Å². The SMILES string of the molecule is COCCNS(=O)(=O)NC(C)c1ccc(CN)cc1. The molecule has 0 heterocycles. The first-order chi connectivity index (χ1) is 8.98. The van der Waals surface area contributed by atoms with E-state index in [-0.39, 0.29) is 12.6 Å². The summed E-state index contributed by atoms with van der Waals surface area (Å²) in [5.41, 5.74) is 7.41. The van der Waals surface area contributed by atoms with Gasteiger partial charge < -0.3 is 10.5 Å². The van der Waals surface area contributed by atoms with Crippen LogP contribution in [0.15, 0.2) is 24.3 Å². The van der Waals surface area contributed by atoms with Crippen LogP contribution in [-0.4, -0.2) is 28.7 Å². The van der Waals surface area contributed by atoms with Crippen LogP contribution in [-0.2, 0) is 21.5 Å². The molecule has 1 unspecified atom stereocenters. The fourth-order valence-corrected chi connectivity index (χ4v) is 2.60. The molecular weight excluding hydrogens is 266 g/mol. The minimum atomic E-state index is -3.52. The van der Waals surface area contributed by atoms with Crippen LogP contribution in [0.2, 0.25) is 0 Å². The fraction of sp³-hybridized carbons (Fsp3) is 0.500. The molecular formula is C12H21N3O3S. The van der Waals surface area contributed by atoms with Crippen molar-refractivity contribution < 1.29 is 13.2 Å². The van der Waals surface area contributed by atoms with Gasteiger partial charge in [-0.2, -0.15) is 17.9 Å². The molecule has 0 saturated carbocycles. The number of nitrogens with one attached hydrogen (secondary N) is 2. The van der Waals surface area contributed by atoms with E-state index in [1.807, 2.05) is 24.3 Å². The minimum absolute atomic E-state index is 0.241. The van der Waals surface area contributed by atoms with Crippen molar-refractivity contribution in [2.45, 2.75) is 19.5 Å². The van der Waals surface area contributed by atoms with Crippen LogP contribution in [0.1, 0.15) is 24.1 Å². The van der Waals surface area contributed by atoms with Crippen LogP contribution in [0, 0.1) is 0 Å². The minimum Gasteiger partial charge on any atom is -0.383 e. The van der Waals surface area contributed by atoms with Crippen LogP contribution >= 0.6 is 0 Å². The predicted molar refractivity (Wildman–Crippen MR) is 74.7 cm³/mol. The van der Waals surface area contributed by atoms with E-state index >= 15 is 0 Å². The normalized spacial score (nSPS) is 13.4. The smallest absolute Gasteiger partial charge is 0.277 e. The molecule has 108 valence electrons. The largest absolute Gasteiger partial charge is 0.383 e. The molecule has 1 aromatic carbocycles. The van der Waals surface area contributed by atoms with Crippen molar-refractivity contribution in [1.29, 1.82) is 0 Å². The van der Waals surface area contributed by atoms with E-state index in [4.69, 9.17) is 10.5 Å². The lowest BCUT2D eigenvalue weighted by atomic mass is 10.1. The maximum atomic E-state index is 11.7. The number of hydrogen-bond acceptors (Lipinski definition) is 4. The van der Waals surface area contributed by atoms with Crippen molar-refractivity contribution in [3.8, 4) is 0 Å². The third-order valence-electron chi connectivity index (χ3n) is 2.65. The van der Waals surface area contributed by atoms with Crippen molar-refractivity contribution in [2.75, 3.05) is 20.3 Å². The summed E-state index contributed by atoms with van der Waals surface area (Å²) in [6, 6.07) is 7.19. The Bertz CT molecular complexity index is 473. The average Bonchev–Trinajstić information content (AvgIpc) is 2.38.